The molecule has 1 aromatic carbocycles. The van der Waals surface area contributed by atoms with Gasteiger partial charge in [0.1, 0.15) is 10.7 Å². The van der Waals surface area contributed by atoms with Crippen LogP contribution in [0.15, 0.2) is 30.3 Å². The van der Waals surface area contributed by atoms with Gasteiger partial charge < -0.3 is 0 Å². The van der Waals surface area contributed by atoms with Crippen molar-refractivity contribution in [1.29, 1.82) is 5.26 Å². The molecule has 0 fully saturated rings. The van der Waals surface area contributed by atoms with E-state index in [1.807, 2.05) is 11.5 Å². The van der Waals surface area contributed by atoms with Crippen molar-refractivity contribution in [2.75, 3.05) is 6.54 Å². The summed E-state index contributed by atoms with van der Waals surface area (Å²) in [5, 5.41) is 20.3. The van der Waals surface area contributed by atoms with E-state index in [0.717, 1.165) is 17.3 Å². The first-order chi connectivity index (χ1) is 6.74. The number of nitro groups is 1. The van der Waals surface area contributed by atoms with Gasteiger partial charge in [-0.25, -0.2) is 0 Å². The van der Waals surface area contributed by atoms with Crippen LogP contribution in [0.3, 0.4) is 0 Å². The third kappa shape index (κ3) is 3.07. The van der Waals surface area contributed by atoms with Gasteiger partial charge >= 0.3 is 0 Å². The Morgan fingerprint density at radius 1 is 1.50 bits per heavy atom. The summed E-state index contributed by atoms with van der Waals surface area (Å²) in [5.41, 5.74) is 0.816. The predicted molar refractivity (Wildman–Crippen MR) is 54.2 cm³/mol. The molecule has 1 unspecified atom stereocenters. The van der Waals surface area contributed by atoms with Gasteiger partial charge in [-0.1, -0.05) is 30.3 Å². The third-order valence-corrected chi connectivity index (χ3v) is 2.49. The zero-order chi connectivity index (χ0) is 10.4. The maximum atomic E-state index is 10.3. The van der Waals surface area contributed by atoms with E-state index < -0.39 is 4.92 Å². The maximum Gasteiger partial charge on any atom is 0.220 e. The van der Waals surface area contributed by atoms with Crippen LogP contribution in [0.4, 0.5) is 0 Å². The zero-order valence-electron chi connectivity index (χ0n) is 7.29. The number of nitriles is 1. The first-order valence-corrected chi connectivity index (χ1v) is 4.83. The van der Waals surface area contributed by atoms with Crippen LogP contribution in [0.5, 0.6) is 0 Å². The van der Waals surface area contributed by atoms with Crippen LogP contribution in [0.1, 0.15) is 10.8 Å². The molecule has 0 aromatic heterocycles. The monoisotopic (exact) mass is 208 g/mol. The molecule has 0 saturated carbocycles. The lowest BCUT2D eigenvalue weighted by Gasteiger charge is -2.07. The minimum Gasteiger partial charge on any atom is -0.264 e. The molecule has 0 aliphatic heterocycles. The maximum absolute atomic E-state index is 10.3. The van der Waals surface area contributed by atoms with E-state index in [2.05, 4.69) is 0 Å². The summed E-state index contributed by atoms with van der Waals surface area (Å²) in [7, 11) is 0. The molecule has 0 bridgehead atoms. The van der Waals surface area contributed by atoms with E-state index in [4.69, 9.17) is 5.26 Å². The molecule has 1 aromatic rings. The largest absolute Gasteiger partial charge is 0.264 e. The molecule has 0 aliphatic carbocycles. The van der Waals surface area contributed by atoms with Crippen LogP contribution in [0.2, 0.25) is 0 Å². The number of hydrogen-bond donors (Lipinski definition) is 0. The van der Waals surface area contributed by atoms with Crippen LogP contribution in [0.25, 0.3) is 0 Å². The molecule has 1 atom stereocenters. The summed E-state index contributed by atoms with van der Waals surface area (Å²) >= 11 is 0.922. The highest BCUT2D eigenvalue weighted by molar-refractivity contribution is 8.03. The average Bonchev–Trinajstić information content (AvgIpc) is 2.18. The molecule has 72 valence electrons. The lowest BCUT2D eigenvalue weighted by Crippen LogP contribution is -2.09. The molecule has 0 N–H and O–H groups in total. The molecule has 4 nitrogen and oxygen atoms in total. The Morgan fingerprint density at radius 3 is 2.64 bits per heavy atom. The second kappa shape index (κ2) is 5.25. The van der Waals surface area contributed by atoms with E-state index in [1.54, 1.807) is 24.3 Å². The summed E-state index contributed by atoms with van der Waals surface area (Å²) in [6, 6.07) is 9.03. The van der Waals surface area contributed by atoms with Crippen LogP contribution >= 0.6 is 11.8 Å². The Kier molecular flexibility index (Phi) is 3.95. The number of thiocyanates is 1. The Hall–Kier alpha value is -1.54. The van der Waals surface area contributed by atoms with Crippen molar-refractivity contribution in [2.24, 2.45) is 0 Å². The summed E-state index contributed by atoms with van der Waals surface area (Å²) < 4.78 is 0. The van der Waals surface area contributed by atoms with Gasteiger partial charge in [-0.3, -0.25) is 10.1 Å². The molecule has 0 amide bonds. The lowest BCUT2D eigenvalue weighted by atomic mass is 10.1. The average molecular weight is 208 g/mol. The number of hydrogen-bond acceptors (Lipinski definition) is 4. The van der Waals surface area contributed by atoms with Crippen molar-refractivity contribution in [2.45, 2.75) is 5.25 Å². The summed E-state index contributed by atoms with van der Waals surface area (Å²) in [5.74, 6) is 0. The van der Waals surface area contributed by atoms with E-state index in [1.165, 1.54) is 0 Å². The standard InChI is InChI=1S/C9H8N2O2S/c10-7-14-9(6-11(12)13)8-4-2-1-3-5-8/h1-5,9H,6H2. The summed E-state index contributed by atoms with van der Waals surface area (Å²) in [6.07, 6.45) is 0. The smallest absolute Gasteiger partial charge is 0.220 e. The summed E-state index contributed by atoms with van der Waals surface area (Å²) in [4.78, 5) is 9.94. The van der Waals surface area contributed by atoms with Crippen molar-refractivity contribution in [3.8, 4) is 5.40 Å². The van der Waals surface area contributed by atoms with E-state index in [0.29, 0.717) is 0 Å². The third-order valence-electron chi connectivity index (χ3n) is 1.68. The normalized spacial score (nSPS) is 11.6. The molecule has 5 heteroatoms. The van der Waals surface area contributed by atoms with Gasteiger partial charge in [-0.15, -0.1) is 0 Å². The lowest BCUT2D eigenvalue weighted by molar-refractivity contribution is -0.479. The zero-order valence-corrected chi connectivity index (χ0v) is 8.11. The summed E-state index contributed by atoms with van der Waals surface area (Å²) in [6.45, 7) is -0.220. The molecular formula is C9H8N2O2S. The molecule has 0 saturated heterocycles. The number of rotatable bonds is 4. The minimum absolute atomic E-state index is 0.220. The first kappa shape index (κ1) is 10.5. The van der Waals surface area contributed by atoms with E-state index >= 15 is 0 Å². The minimum atomic E-state index is -0.401. The van der Waals surface area contributed by atoms with Gasteiger partial charge in [-0.05, 0) is 17.3 Å². The second-order valence-corrected chi connectivity index (χ2v) is 3.61. The van der Waals surface area contributed by atoms with Gasteiger partial charge in [0.15, 0.2) is 0 Å². The van der Waals surface area contributed by atoms with Crippen molar-refractivity contribution >= 4 is 11.8 Å². The Labute approximate surface area is 85.7 Å². The second-order valence-electron chi connectivity index (χ2n) is 2.62. The van der Waals surface area contributed by atoms with Crippen molar-refractivity contribution in [3.05, 3.63) is 46.0 Å². The van der Waals surface area contributed by atoms with Crippen LogP contribution in [-0.4, -0.2) is 11.5 Å². The topological polar surface area (TPSA) is 66.9 Å². The van der Waals surface area contributed by atoms with Gasteiger partial charge in [0.25, 0.3) is 0 Å². The van der Waals surface area contributed by atoms with E-state index in [9.17, 15) is 10.1 Å². The Balaban J connectivity index is 2.78. The van der Waals surface area contributed by atoms with Crippen molar-refractivity contribution in [1.82, 2.24) is 0 Å². The molecule has 0 aliphatic rings. The van der Waals surface area contributed by atoms with Crippen LogP contribution < -0.4 is 0 Å². The fourth-order valence-corrected chi connectivity index (χ4v) is 1.69. The number of thioether (sulfide) groups is 1. The molecule has 1 rings (SSSR count). The predicted octanol–water partition coefficient (Wildman–Crippen LogP) is 2.22. The Bertz CT molecular complexity index is 348. The quantitative estimate of drug-likeness (QED) is 0.432. The number of nitrogens with zero attached hydrogens (tertiary/aromatic N) is 2. The SMILES string of the molecule is N#CSC(C[N+](=O)[O-])c1ccccc1. The van der Waals surface area contributed by atoms with Crippen molar-refractivity contribution < 1.29 is 4.92 Å². The van der Waals surface area contributed by atoms with Gasteiger partial charge in [0.05, 0.1) is 0 Å². The molecule has 0 radical (unpaired) electrons. The molecule has 0 heterocycles. The van der Waals surface area contributed by atoms with Crippen LogP contribution in [0, 0.1) is 20.8 Å². The highest BCUT2D eigenvalue weighted by Gasteiger charge is 2.17. The van der Waals surface area contributed by atoms with Crippen LogP contribution in [-0.2, 0) is 0 Å². The van der Waals surface area contributed by atoms with Gasteiger partial charge in [-0.2, -0.15) is 5.26 Å². The fraction of sp³-hybridized carbons (Fsp3) is 0.222. The molecular weight excluding hydrogens is 200 g/mol. The van der Waals surface area contributed by atoms with Gasteiger partial charge in [0, 0.05) is 4.92 Å². The Morgan fingerprint density at radius 2 is 2.14 bits per heavy atom. The number of benzene rings is 1. The highest BCUT2D eigenvalue weighted by Crippen LogP contribution is 2.27. The van der Waals surface area contributed by atoms with Crippen molar-refractivity contribution in [3.63, 3.8) is 0 Å². The fourth-order valence-electron chi connectivity index (χ4n) is 1.08. The van der Waals surface area contributed by atoms with E-state index in [-0.39, 0.29) is 11.8 Å². The molecule has 14 heavy (non-hydrogen) atoms. The highest BCUT2D eigenvalue weighted by atomic mass is 32.2. The van der Waals surface area contributed by atoms with Gasteiger partial charge in [0.2, 0.25) is 6.54 Å². The molecule has 0 spiro atoms. The first-order valence-electron chi connectivity index (χ1n) is 3.95.